The smallest absolute Gasteiger partial charge is 0.405 e. The summed E-state index contributed by atoms with van der Waals surface area (Å²) in [5.41, 5.74) is 7.46. The minimum atomic E-state index is -4.72. The van der Waals surface area contributed by atoms with E-state index >= 15 is 0 Å². The summed E-state index contributed by atoms with van der Waals surface area (Å²) >= 11 is 0. The average molecular weight is 350 g/mol. The minimum Gasteiger partial charge on any atom is -0.405 e. The number of rotatable bonds is 4. The molecule has 1 aromatic heterocycles. The molecule has 0 bridgehead atoms. The molecule has 1 heterocycles. The van der Waals surface area contributed by atoms with Gasteiger partial charge in [0, 0.05) is 5.57 Å². The maximum absolute atomic E-state index is 12.6. The fourth-order valence-corrected chi connectivity index (χ4v) is 2.56. The molecule has 2 aromatic rings. The molecule has 1 aliphatic rings. The predicted octanol–water partition coefficient (Wildman–Crippen LogP) is 3.88. The lowest BCUT2D eigenvalue weighted by molar-refractivity contribution is -0.302. The second kappa shape index (κ2) is 6.72. The van der Waals surface area contributed by atoms with Gasteiger partial charge in [-0.1, -0.05) is 18.2 Å². The maximum atomic E-state index is 12.6. The first kappa shape index (κ1) is 17.2. The molecule has 132 valence electrons. The highest BCUT2D eigenvalue weighted by molar-refractivity contribution is 5.78. The van der Waals surface area contributed by atoms with Crippen molar-refractivity contribution in [2.75, 3.05) is 0 Å². The van der Waals surface area contributed by atoms with Gasteiger partial charge in [0.1, 0.15) is 12.1 Å². The van der Waals surface area contributed by atoms with E-state index in [4.69, 9.17) is 5.73 Å². The zero-order chi connectivity index (χ0) is 18.0. The third-order valence-electron chi connectivity index (χ3n) is 3.67. The fourth-order valence-electron chi connectivity index (χ4n) is 2.56. The van der Waals surface area contributed by atoms with E-state index in [1.165, 1.54) is 12.4 Å². The van der Waals surface area contributed by atoms with Crippen LogP contribution in [-0.4, -0.2) is 21.1 Å². The molecule has 3 rings (SSSR count). The number of hydrogen-bond acceptors (Lipinski definition) is 4. The normalized spacial score (nSPS) is 16.2. The molecular weight excluding hydrogens is 333 g/mol. The molecule has 0 radical (unpaired) electrons. The van der Waals surface area contributed by atoms with Gasteiger partial charge in [-0.3, -0.25) is 0 Å². The number of alkyl halides is 3. The summed E-state index contributed by atoms with van der Waals surface area (Å²) in [6.07, 6.45) is 1.17. The number of ether oxygens (including phenoxy) is 1. The summed E-state index contributed by atoms with van der Waals surface area (Å²) in [7, 11) is 0. The van der Waals surface area contributed by atoms with Crippen molar-refractivity contribution in [3.63, 3.8) is 0 Å². The number of nitrogens with two attached hydrogens (primary N) is 1. The summed E-state index contributed by atoms with van der Waals surface area (Å²) < 4.78 is 43.6. The number of benzene rings is 1. The monoisotopic (exact) mass is 350 g/mol. The van der Waals surface area contributed by atoms with Crippen LogP contribution in [0.2, 0.25) is 0 Å². The van der Waals surface area contributed by atoms with Gasteiger partial charge in [-0.05, 0) is 43.5 Å². The van der Waals surface area contributed by atoms with Gasteiger partial charge in [0.25, 0.3) is 0 Å². The molecule has 0 spiro atoms. The molecule has 25 heavy (non-hydrogen) atoms. The molecule has 2 N–H and O–H groups in total. The molecule has 1 unspecified atom stereocenters. The molecule has 1 aliphatic carbocycles. The summed E-state index contributed by atoms with van der Waals surface area (Å²) in [5.74, 6) is 0.314. The van der Waals surface area contributed by atoms with E-state index in [0.29, 0.717) is 35.5 Å². The summed E-state index contributed by atoms with van der Waals surface area (Å²) in [5, 5.41) is 4.28. The molecule has 0 amide bonds. The summed E-state index contributed by atoms with van der Waals surface area (Å²) in [6, 6.07) is 6.71. The lowest BCUT2D eigenvalue weighted by Gasteiger charge is -2.19. The molecule has 1 atom stereocenters. The fraction of sp³-hybridized carbons (Fsp3) is 0.294. The van der Waals surface area contributed by atoms with Crippen molar-refractivity contribution in [3.8, 4) is 5.69 Å². The topological polar surface area (TPSA) is 66.0 Å². The molecule has 0 aliphatic heterocycles. The van der Waals surface area contributed by atoms with Crippen molar-refractivity contribution in [1.29, 1.82) is 0 Å². The molecule has 8 heteroatoms. The Balaban J connectivity index is 1.92. The van der Waals surface area contributed by atoms with Gasteiger partial charge < -0.3 is 10.5 Å². The van der Waals surface area contributed by atoms with E-state index < -0.39 is 6.36 Å². The zero-order valence-corrected chi connectivity index (χ0v) is 13.5. The van der Waals surface area contributed by atoms with Crippen molar-refractivity contribution in [1.82, 2.24) is 14.8 Å². The number of allylic oxidation sites excluding steroid dienone is 3. The molecule has 1 aromatic carbocycles. The number of nitrogens with zero attached hydrogens (tertiary/aromatic N) is 3. The van der Waals surface area contributed by atoms with Crippen LogP contribution in [-0.2, 0) is 4.74 Å². The van der Waals surface area contributed by atoms with E-state index in [-0.39, 0.29) is 11.8 Å². The Bertz CT molecular complexity index is 821. The van der Waals surface area contributed by atoms with Crippen molar-refractivity contribution in [2.24, 2.45) is 5.73 Å². The van der Waals surface area contributed by atoms with Crippen LogP contribution in [0.25, 0.3) is 11.3 Å². The van der Waals surface area contributed by atoms with Crippen molar-refractivity contribution in [3.05, 3.63) is 59.9 Å². The molecular formula is C17H17F3N4O. The van der Waals surface area contributed by atoms with Gasteiger partial charge in [0.2, 0.25) is 0 Å². The lowest BCUT2D eigenvalue weighted by Crippen LogP contribution is -2.15. The van der Waals surface area contributed by atoms with E-state index in [1.54, 1.807) is 41.9 Å². The summed E-state index contributed by atoms with van der Waals surface area (Å²) in [4.78, 5) is 4.13. The van der Waals surface area contributed by atoms with Gasteiger partial charge in [-0.15, -0.1) is 18.3 Å². The van der Waals surface area contributed by atoms with Gasteiger partial charge in [-0.25, -0.2) is 9.67 Å². The SMILES string of the molecule is CC(N)c1ncn(-c2cccc(C3=CCCC=C3OC(F)(F)F)c2)n1. The molecule has 5 nitrogen and oxygen atoms in total. The Morgan fingerprint density at radius 3 is 2.68 bits per heavy atom. The van der Waals surface area contributed by atoms with Crippen molar-refractivity contribution < 1.29 is 17.9 Å². The Kier molecular flexibility index (Phi) is 4.63. The van der Waals surface area contributed by atoms with Crippen LogP contribution in [0, 0.1) is 0 Å². The second-order valence-electron chi connectivity index (χ2n) is 5.70. The third kappa shape index (κ3) is 4.08. The highest BCUT2D eigenvalue weighted by Gasteiger charge is 2.33. The number of halogens is 3. The lowest BCUT2D eigenvalue weighted by atomic mass is 9.97. The van der Waals surface area contributed by atoms with E-state index in [0.717, 1.165) is 0 Å². The van der Waals surface area contributed by atoms with E-state index in [2.05, 4.69) is 14.8 Å². The Hall–Kier alpha value is -2.61. The average Bonchev–Trinajstić information content (AvgIpc) is 3.04. The number of aromatic nitrogens is 3. The van der Waals surface area contributed by atoms with Gasteiger partial charge in [0.15, 0.2) is 5.82 Å². The highest BCUT2D eigenvalue weighted by Crippen LogP contribution is 2.34. The van der Waals surface area contributed by atoms with Gasteiger partial charge in [0.05, 0.1) is 11.7 Å². The first-order valence-electron chi connectivity index (χ1n) is 7.78. The van der Waals surface area contributed by atoms with Crippen LogP contribution in [0.15, 0.2) is 48.5 Å². The largest absolute Gasteiger partial charge is 0.573 e. The van der Waals surface area contributed by atoms with E-state index in [9.17, 15) is 13.2 Å². The highest BCUT2D eigenvalue weighted by atomic mass is 19.4. The zero-order valence-electron chi connectivity index (χ0n) is 13.5. The minimum absolute atomic E-state index is 0.175. The predicted molar refractivity (Wildman–Crippen MR) is 86.4 cm³/mol. The van der Waals surface area contributed by atoms with Gasteiger partial charge >= 0.3 is 6.36 Å². The van der Waals surface area contributed by atoms with Crippen LogP contribution in [0.1, 0.15) is 37.2 Å². The standard InChI is InChI=1S/C17H17F3N4O/c1-11(21)16-22-10-24(23-16)13-6-4-5-12(9-13)14-7-2-3-8-15(14)25-17(18,19)20/h4-11H,2-3,21H2,1H3. The van der Waals surface area contributed by atoms with Gasteiger partial charge in [-0.2, -0.15) is 0 Å². The maximum Gasteiger partial charge on any atom is 0.573 e. The third-order valence-corrected chi connectivity index (χ3v) is 3.67. The number of hydrogen-bond donors (Lipinski definition) is 1. The summed E-state index contributed by atoms with van der Waals surface area (Å²) in [6.45, 7) is 1.77. The van der Waals surface area contributed by atoms with Crippen LogP contribution >= 0.6 is 0 Å². The second-order valence-corrected chi connectivity index (χ2v) is 5.70. The van der Waals surface area contributed by atoms with Crippen LogP contribution in [0.5, 0.6) is 0 Å². The van der Waals surface area contributed by atoms with Crippen molar-refractivity contribution in [2.45, 2.75) is 32.2 Å². The molecule has 0 saturated heterocycles. The van der Waals surface area contributed by atoms with Crippen LogP contribution in [0.3, 0.4) is 0 Å². The van der Waals surface area contributed by atoms with Crippen LogP contribution < -0.4 is 5.73 Å². The Morgan fingerprint density at radius 2 is 2.00 bits per heavy atom. The molecule has 0 saturated carbocycles. The first-order chi connectivity index (χ1) is 11.8. The Morgan fingerprint density at radius 1 is 1.24 bits per heavy atom. The van der Waals surface area contributed by atoms with E-state index in [1.807, 2.05) is 0 Å². The van der Waals surface area contributed by atoms with Crippen molar-refractivity contribution >= 4 is 5.57 Å². The molecule has 0 fully saturated rings. The first-order valence-corrected chi connectivity index (χ1v) is 7.78. The Labute approximate surface area is 142 Å². The quantitative estimate of drug-likeness (QED) is 0.909. The van der Waals surface area contributed by atoms with Crippen LogP contribution in [0.4, 0.5) is 13.2 Å².